The number of rotatable bonds is 6. The van der Waals surface area contributed by atoms with E-state index in [0.717, 1.165) is 17.0 Å². The zero-order valence-corrected chi connectivity index (χ0v) is 11.2. The minimum absolute atomic E-state index is 0.131. The number of hydrazine groups is 1. The highest BCUT2D eigenvalue weighted by molar-refractivity contribution is 5.30. The van der Waals surface area contributed by atoms with Crippen molar-refractivity contribution in [3.8, 4) is 0 Å². The maximum atomic E-state index is 5.71. The second-order valence-electron chi connectivity index (χ2n) is 4.25. The lowest BCUT2D eigenvalue weighted by molar-refractivity contribution is 0.182. The monoisotopic (exact) mass is 261 g/mol. The topological polar surface area (TPSA) is 78.0 Å². The Bertz CT molecular complexity index is 525. The molecule has 0 aromatic carbocycles. The molecular formula is C13H19N5O. The summed E-state index contributed by atoms with van der Waals surface area (Å²) in [4.78, 5) is 4.30. The van der Waals surface area contributed by atoms with Gasteiger partial charge in [0.25, 0.3) is 0 Å². The van der Waals surface area contributed by atoms with Gasteiger partial charge in [-0.3, -0.25) is 15.5 Å². The number of nitrogens with two attached hydrogens (primary N) is 1. The van der Waals surface area contributed by atoms with E-state index in [4.69, 9.17) is 10.6 Å². The summed E-state index contributed by atoms with van der Waals surface area (Å²) in [6.07, 6.45) is 3.54. The molecule has 0 saturated heterocycles. The van der Waals surface area contributed by atoms with Gasteiger partial charge in [0.05, 0.1) is 24.9 Å². The van der Waals surface area contributed by atoms with Crippen molar-refractivity contribution in [1.29, 1.82) is 0 Å². The van der Waals surface area contributed by atoms with E-state index in [1.54, 1.807) is 19.5 Å². The van der Waals surface area contributed by atoms with Crippen molar-refractivity contribution >= 4 is 0 Å². The fourth-order valence-corrected chi connectivity index (χ4v) is 2.09. The molecule has 2 heterocycles. The van der Waals surface area contributed by atoms with Crippen molar-refractivity contribution in [2.45, 2.75) is 19.5 Å². The molecule has 0 aliphatic heterocycles. The number of nitrogens with one attached hydrogen (secondary N) is 1. The Kier molecular flexibility index (Phi) is 4.62. The first kappa shape index (κ1) is 13.7. The Morgan fingerprint density at radius 1 is 1.42 bits per heavy atom. The number of aryl methyl sites for hydroxylation is 1. The van der Waals surface area contributed by atoms with E-state index in [1.807, 2.05) is 29.8 Å². The molecule has 0 amide bonds. The van der Waals surface area contributed by atoms with E-state index in [0.29, 0.717) is 13.2 Å². The first-order chi connectivity index (χ1) is 9.27. The molecule has 0 spiro atoms. The van der Waals surface area contributed by atoms with Gasteiger partial charge in [-0.05, 0) is 24.6 Å². The third kappa shape index (κ3) is 2.98. The molecule has 0 saturated carbocycles. The maximum absolute atomic E-state index is 5.71. The molecule has 0 aliphatic carbocycles. The van der Waals surface area contributed by atoms with Crippen molar-refractivity contribution in [2.75, 3.05) is 13.7 Å². The minimum Gasteiger partial charge on any atom is -0.383 e. The zero-order chi connectivity index (χ0) is 13.7. The van der Waals surface area contributed by atoms with Crippen LogP contribution < -0.4 is 11.3 Å². The standard InChI is InChI=1S/C13H19N5O/c1-10-11(4-3-6-15-10)13(17-14)12-5-7-16-18(12)8-9-19-2/h3-7,13,17H,8-9,14H2,1-2H3. The van der Waals surface area contributed by atoms with Gasteiger partial charge < -0.3 is 4.74 Å². The summed E-state index contributed by atoms with van der Waals surface area (Å²) in [6.45, 7) is 3.27. The maximum Gasteiger partial charge on any atom is 0.0895 e. The van der Waals surface area contributed by atoms with Crippen LogP contribution in [-0.4, -0.2) is 28.5 Å². The molecule has 1 atom stereocenters. The highest BCUT2D eigenvalue weighted by atomic mass is 16.5. The largest absolute Gasteiger partial charge is 0.383 e. The predicted octanol–water partition coefficient (Wildman–Crippen LogP) is 0.786. The second-order valence-corrected chi connectivity index (χ2v) is 4.25. The van der Waals surface area contributed by atoms with E-state index in [1.165, 1.54) is 0 Å². The first-order valence-corrected chi connectivity index (χ1v) is 6.16. The van der Waals surface area contributed by atoms with Crippen LogP contribution in [0.3, 0.4) is 0 Å². The van der Waals surface area contributed by atoms with Crippen LogP contribution in [0.2, 0.25) is 0 Å². The van der Waals surface area contributed by atoms with Crippen LogP contribution in [0, 0.1) is 6.92 Å². The van der Waals surface area contributed by atoms with Crippen LogP contribution in [0.15, 0.2) is 30.6 Å². The molecule has 0 radical (unpaired) electrons. The third-order valence-electron chi connectivity index (χ3n) is 3.08. The van der Waals surface area contributed by atoms with E-state index >= 15 is 0 Å². The molecule has 2 aromatic rings. The summed E-state index contributed by atoms with van der Waals surface area (Å²) < 4.78 is 6.98. The summed E-state index contributed by atoms with van der Waals surface area (Å²) in [5.41, 5.74) is 5.83. The number of nitrogens with zero attached hydrogens (tertiary/aromatic N) is 3. The Morgan fingerprint density at radius 2 is 2.26 bits per heavy atom. The lowest BCUT2D eigenvalue weighted by atomic mass is 10.0. The molecule has 0 fully saturated rings. The van der Waals surface area contributed by atoms with Gasteiger partial charge in [0, 0.05) is 25.2 Å². The van der Waals surface area contributed by atoms with Crippen LogP contribution in [0.5, 0.6) is 0 Å². The molecule has 6 heteroatoms. The van der Waals surface area contributed by atoms with Gasteiger partial charge >= 0.3 is 0 Å². The second kappa shape index (κ2) is 6.42. The number of hydrogen-bond donors (Lipinski definition) is 2. The molecule has 3 N–H and O–H groups in total. The van der Waals surface area contributed by atoms with Crippen molar-refractivity contribution in [2.24, 2.45) is 5.84 Å². The van der Waals surface area contributed by atoms with E-state index in [-0.39, 0.29) is 6.04 Å². The smallest absolute Gasteiger partial charge is 0.0895 e. The van der Waals surface area contributed by atoms with Gasteiger partial charge in [0.1, 0.15) is 0 Å². The Morgan fingerprint density at radius 3 is 2.95 bits per heavy atom. The Labute approximate surface area is 112 Å². The summed E-state index contributed by atoms with van der Waals surface area (Å²) in [7, 11) is 1.67. The molecule has 2 rings (SSSR count). The van der Waals surface area contributed by atoms with Gasteiger partial charge in [-0.2, -0.15) is 5.10 Å². The molecule has 0 bridgehead atoms. The normalized spacial score (nSPS) is 12.6. The van der Waals surface area contributed by atoms with Crippen molar-refractivity contribution in [1.82, 2.24) is 20.2 Å². The summed E-state index contributed by atoms with van der Waals surface area (Å²) in [5.74, 6) is 5.71. The Balaban J connectivity index is 2.32. The van der Waals surface area contributed by atoms with Gasteiger partial charge in [0.15, 0.2) is 0 Å². The summed E-state index contributed by atoms with van der Waals surface area (Å²) in [6, 6.07) is 5.74. The number of aromatic nitrogens is 3. The van der Waals surface area contributed by atoms with Crippen LogP contribution >= 0.6 is 0 Å². The molecule has 6 nitrogen and oxygen atoms in total. The molecular weight excluding hydrogens is 242 g/mol. The van der Waals surface area contributed by atoms with Crippen LogP contribution in [0.4, 0.5) is 0 Å². The first-order valence-electron chi connectivity index (χ1n) is 6.16. The fraction of sp³-hybridized carbons (Fsp3) is 0.385. The third-order valence-corrected chi connectivity index (χ3v) is 3.08. The van der Waals surface area contributed by atoms with Gasteiger partial charge in [-0.25, -0.2) is 5.43 Å². The minimum atomic E-state index is -0.131. The highest BCUT2D eigenvalue weighted by Crippen LogP contribution is 2.22. The number of hydrogen-bond acceptors (Lipinski definition) is 5. The molecule has 19 heavy (non-hydrogen) atoms. The van der Waals surface area contributed by atoms with Crippen molar-refractivity contribution in [3.05, 3.63) is 47.5 Å². The average molecular weight is 261 g/mol. The van der Waals surface area contributed by atoms with Gasteiger partial charge in [0.2, 0.25) is 0 Å². The van der Waals surface area contributed by atoms with Gasteiger partial charge in [-0.1, -0.05) is 6.07 Å². The quantitative estimate of drug-likeness (QED) is 0.593. The molecule has 102 valence electrons. The number of methoxy groups -OCH3 is 1. The van der Waals surface area contributed by atoms with Crippen LogP contribution in [0.1, 0.15) is 23.0 Å². The SMILES string of the molecule is COCCn1nccc1C(NN)c1cccnc1C. The van der Waals surface area contributed by atoms with E-state index < -0.39 is 0 Å². The average Bonchev–Trinajstić information content (AvgIpc) is 2.88. The highest BCUT2D eigenvalue weighted by Gasteiger charge is 2.18. The lowest BCUT2D eigenvalue weighted by Gasteiger charge is -2.19. The van der Waals surface area contributed by atoms with Crippen molar-refractivity contribution in [3.63, 3.8) is 0 Å². The van der Waals surface area contributed by atoms with Crippen molar-refractivity contribution < 1.29 is 4.74 Å². The fourth-order valence-electron chi connectivity index (χ4n) is 2.09. The number of ether oxygens (including phenoxy) is 1. The van der Waals surface area contributed by atoms with Crippen LogP contribution in [-0.2, 0) is 11.3 Å². The molecule has 2 aromatic heterocycles. The summed E-state index contributed by atoms with van der Waals surface area (Å²) >= 11 is 0. The van der Waals surface area contributed by atoms with E-state index in [9.17, 15) is 0 Å². The molecule has 1 unspecified atom stereocenters. The van der Waals surface area contributed by atoms with E-state index in [2.05, 4.69) is 15.5 Å². The number of pyridine rings is 1. The Hall–Kier alpha value is -1.76. The lowest BCUT2D eigenvalue weighted by Crippen LogP contribution is -2.31. The van der Waals surface area contributed by atoms with Crippen LogP contribution in [0.25, 0.3) is 0 Å². The molecule has 0 aliphatic rings. The predicted molar refractivity (Wildman–Crippen MR) is 72.2 cm³/mol. The van der Waals surface area contributed by atoms with Gasteiger partial charge in [-0.15, -0.1) is 0 Å². The zero-order valence-electron chi connectivity index (χ0n) is 11.2. The summed E-state index contributed by atoms with van der Waals surface area (Å²) in [5, 5.41) is 4.30.